The minimum atomic E-state index is -3.81. The molecule has 2 amide bonds. The van der Waals surface area contributed by atoms with Crippen LogP contribution in [0.5, 0.6) is 0 Å². The lowest BCUT2D eigenvalue weighted by Crippen LogP contribution is -2.53. The lowest BCUT2D eigenvalue weighted by Gasteiger charge is -2.34. The van der Waals surface area contributed by atoms with Crippen molar-refractivity contribution in [1.29, 1.82) is 0 Å². The van der Waals surface area contributed by atoms with Gasteiger partial charge in [0.1, 0.15) is 12.6 Å². The Hall–Kier alpha value is -2.29. The number of benzene rings is 2. The van der Waals surface area contributed by atoms with Crippen LogP contribution in [-0.2, 0) is 26.2 Å². The smallest absolute Gasteiger partial charge is 0.244 e. The number of aryl methyl sites for hydroxylation is 2. The van der Waals surface area contributed by atoms with Crippen LogP contribution in [0.4, 0.5) is 5.69 Å². The number of anilines is 1. The second-order valence-electron chi connectivity index (χ2n) is 9.02. The molecule has 0 aromatic heterocycles. The maximum Gasteiger partial charge on any atom is 0.244 e. The number of carbonyl (C=O) groups excluding carboxylic acids is 2. The SMILES string of the molecule is CCC(C)NC(=O)C(CC)N(Cc1ccc(Cl)c(Cl)c1)C(=O)CN(c1c(C)cccc1C)S(C)(=O)=O. The zero-order chi connectivity index (χ0) is 27.2. The number of halogens is 2. The van der Waals surface area contributed by atoms with Gasteiger partial charge in [0.25, 0.3) is 0 Å². The third kappa shape index (κ3) is 7.60. The number of nitrogens with one attached hydrogen (secondary N) is 1. The largest absolute Gasteiger partial charge is 0.352 e. The van der Waals surface area contributed by atoms with Crippen LogP contribution in [0.3, 0.4) is 0 Å². The van der Waals surface area contributed by atoms with Gasteiger partial charge in [-0.15, -0.1) is 0 Å². The molecule has 0 radical (unpaired) electrons. The maximum atomic E-state index is 13.8. The minimum Gasteiger partial charge on any atom is -0.352 e. The monoisotopic (exact) mass is 555 g/mol. The Morgan fingerprint density at radius 1 is 1.00 bits per heavy atom. The molecule has 2 aromatic rings. The van der Waals surface area contributed by atoms with Gasteiger partial charge in [0.15, 0.2) is 0 Å². The summed E-state index contributed by atoms with van der Waals surface area (Å²) in [6.45, 7) is 8.88. The van der Waals surface area contributed by atoms with E-state index < -0.39 is 28.5 Å². The maximum absolute atomic E-state index is 13.8. The van der Waals surface area contributed by atoms with Crippen LogP contribution in [0.25, 0.3) is 0 Å². The van der Waals surface area contributed by atoms with E-state index in [4.69, 9.17) is 23.2 Å². The van der Waals surface area contributed by atoms with Crippen molar-refractivity contribution in [3.05, 3.63) is 63.1 Å². The van der Waals surface area contributed by atoms with Crippen molar-refractivity contribution in [3.8, 4) is 0 Å². The Labute approximate surface area is 224 Å². The molecule has 0 aliphatic heterocycles. The van der Waals surface area contributed by atoms with Crippen molar-refractivity contribution in [2.24, 2.45) is 0 Å². The Morgan fingerprint density at radius 2 is 1.61 bits per heavy atom. The summed E-state index contributed by atoms with van der Waals surface area (Å²) in [7, 11) is -3.81. The topological polar surface area (TPSA) is 86.8 Å². The van der Waals surface area contributed by atoms with E-state index in [1.165, 1.54) is 4.90 Å². The lowest BCUT2D eigenvalue weighted by atomic mass is 10.1. The molecule has 7 nitrogen and oxygen atoms in total. The molecule has 1 N–H and O–H groups in total. The molecule has 0 saturated heterocycles. The number of nitrogens with zero attached hydrogens (tertiary/aromatic N) is 2. The summed E-state index contributed by atoms with van der Waals surface area (Å²) < 4.78 is 26.8. The first-order chi connectivity index (χ1) is 16.8. The lowest BCUT2D eigenvalue weighted by molar-refractivity contribution is -0.140. The second-order valence-corrected chi connectivity index (χ2v) is 11.7. The first-order valence-electron chi connectivity index (χ1n) is 11.9. The van der Waals surface area contributed by atoms with E-state index in [9.17, 15) is 18.0 Å². The molecule has 0 aliphatic rings. The highest BCUT2D eigenvalue weighted by atomic mass is 35.5. The van der Waals surface area contributed by atoms with Crippen molar-refractivity contribution in [1.82, 2.24) is 10.2 Å². The van der Waals surface area contributed by atoms with Gasteiger partial charge in [-0.1, -0.05) is 61.3 Å². The van der Waals surface area contributed by atoms with Crippen LogP contribution in [0.15, 0.2) is 36.4 Å². The van der Waals surface area contributed by atoms with Crippen LogP contribution in [0, 0.1) is 13.8 Å². The van der Waals surface area contributed by atoms with Crippen molar-refractivity contribution >= 4 is 50.7 Å². The van der Waals surface area contributed by atoms with Crippen LogP contribution < -0.4 is 9.62 Å². The molecule has 198 valence electrons. The molecule has 0 saturated carbocycles. The predicted octanol–water partition coefficient (Wildman–Crippen LogP) is 5.10. The first kappa shape index (κ1) is 29.9. The Kier molecular flexibility index (Phi) is 10.6. The number of rotatable bonds is 11. The third-order valence-corrected chi connectivity index (χ3v) is 7.94. The zero-order valence-corrected chi connectivity index (χ0v) is 24.0. The summed E-state index contributed by atoms with van der Waals surface area (Å²) in [4.78, 5) is 28.4. The number of hydrogen-bond acceptors (Lipinski definition) is 4. The van der Waals surface area contributed by atoms with Gasteiger partial charge in [0, 0.05) is 12.6 Å². The number of para-hydroxylation sites is 1. The van der Waals surface area contributed by atoms with Gasteiger partial charge in [0.2, 0.25) is 21.8 Å². The highest BCUT2D eigenvalue weighted by molar-refractivity contribution is 7.92. The second kappa shape index (κ2) is 12.8. The zero-order valence-electron chi connectivity index (χ0n) is 21.6. The molecule has 2 aromatic carbocycles. The molecule has 2 unspecified atom stereocenters. The van der Waals surface area contributed by atoms with Gasteiger partial charge in [-0.25, -0.2) is 8.42 Å². The predicted molar refractivity (Wildman–Crippen MR) is 147 cm³/mol. The molecule has 10 heteroatoms. The van der Waals surface area contributed by atoms with Gasteiger partial charge < -0.3 is 10.2 Å². The van der Waals surface area contributed by atoms with Crippen LogP contribution in [0.1, 0.15) is 50.3 Å². The number of sulfonamides is 1. The number of hydrogen-bond donors (Lipinski definition) is 1. The van der Waals surface area contributed by atoms with Crippen LogP contribution in [0.2, 0.25) is 10.0 Å². The standard InChI is InChI=1S/C26H35Cl2N3O4S/c1-7-19(5)29-26(33)23(8-2)30(15-20-12-13-21(27)22(28)14-20)24(32)16-31(36(6,34)35)25-17(3)10-9-11-18(25)4/h9-14,19,23H,7-8,15-16H2,1-6H3,(H,29,33). The molecular weight excluding hydrogens is 521 g/mol. The van der Waals surface area contributed by atoms with Gasteiger partial charge in [-0.3, -0.25) is 13.9 Å². The summed E-state index contributed by atoms with van der Waals surface area (Å²) in [5.41, 5.74) is 2.59. The van der Waals surface area contributed by atoms with E-state index in [0.717, 1.165) is 28.1 Å². The van der Waals surface area contributed by atoms with Crippen molar-refractivity contribution in [2.45, 2.75) is 66.1 Å². The average Bonchev–Trinajstić information content (AvgIpc) is 2.79. The summed E-state index contributed by atoms with van der Waals surface area (Å²) in [6.07, 6.45) is 2.15. The fourth-order valence-electron chi connectivity index (χ4n) is 3.97. The minimum absolute atomic E-state index is 0.0620. The summed E-state index contributed by atoms with van der Waals surface area (Å²) in [6, 6.07) is 9.55. The van der Waals surface area contributed by atoms with Crippen LogP contribution >= 0.6 is 23.2 Å². The highest BCUT2D eigenvalue weighted by Crippen LogP contribution is 2.28. The Bertz CT molecular complexity index is 1180. The normalized spacial score (nSPS) is 13.1. The molecule has 0 fully saturated rings. The van der Waals surface area contributed by atoms with Gasteiger partial charge in [-0.2, -0.15) is 0 Å². The fraction of sp³-hybridized carbons (Fsp3) is 0.462. The van der Waals surface area contributed by atoms with Gasteiger partial charge >= 0.3 is 0 Å². The van der Waals surface area contributed by atoms with E-state index in [1.54, 1.807) is 44.2 Å². The average molecular weight is 557 g/mol. The van der Waals surface area contributed by atoms with Gasteiger partial charge in [-0.05, 0) is 62.4 Å². The fourth-order valence-corrected chi connectivity index (χ4v) is 5.26. The first-order valence-corrected chi connectivity index (χ1v) is 14.5. The molecular formula is C26H35Cl2N3O4S. The molecule has 0 heterocycles. The van der Waals surface area contributed by atoms with E-state index in [-0.39, 0.29) is 18.5 Å². The molecule has 2 atom stereocenters. The molecule has 0 spiro atoms. The van der Waals surface area contributed by atoms with Crippen LogP contribution in [-0.4, -0.2) is 50.0 Å². The third-order valence-electron chi connectivity index (χ3n) is 6.09. The molecule has 2 rings (SSSR count). The van der Waals surface area contributed by atoms with Crippen molar-refractivity contribution < 1.29 is 18.0 Å². The van der Waals surface area contributed by atoms with Gasteiger partial charge in [0.05, 0.1) is 22.0 Å². The van der Waals surface area contributed by atoms with Crippen molar-refractivity contribution in [3.63, 3.8) is 0 Å². The highest BCUT2D eigenvalue weighted by Gasteiger charge is 2.33. The summed E-state index contributed by atoms with van der Waals surface area (Å²) >= 11 is 12.3. The van der Waals surface area contributed by atoms with E-state index in [1.807, 2.05) is 26.8 Å². The summed E-state index contributed by atoms with van der Waals surface area (Å²) in [5.74, 6) is -0.793. The Balaban J connectivity index is 2.52. The summed E-state index contributed by atoms with van der Waals surface area (Å²) in [5, 5.41) is 3.64. The number of carbonyl (C=O) groups is 2. The molecule has 36 heavy (non-hydrogen) atoms. The molecule has 0 bridgehead atoms. The van der Waals surface area contributed by atoms with Crippen molar-refractivity contribution in [2.75, 3.05) is 17.1 Å². The van der Waals surface area contributed by atoms with E-state index >= 15 is 0 Å². The van der Waals surface area contributed by atoms with E-state index in [0.29, 0.717) is 27.7 Å². The molecule has 0 aliphatic carbocycles. The van der Waals surface area contributed by atoms with E-state index in [2.05, 4.69) is 5.32 Å². The Morgan fingerprint density at radius 3 is 2.11 bits per heavy atom. The quantitative estimate of drug-likeness (QED) is 0.418. The number of amides is 2.